The van der Waals surface area contributed by atoms with E-state index in [1.165, 1.54) is 11.3 Å². The van der Waals surface area contributed by atoms with Gasteiger partial charge in [0.25, 0.3) is 5.91 Å². The number of methoxy groups -OCH3 is 1. The van der Waals surface area contributed by atoms with Gasteiger partial charge in [-0.15, -0.1) is 11.3 Å². The molecule has 1 aromatic heterocycles. The number of rotatable bonds is 4. The Morgan fingerprint density at radius 3 is 2.68 bits per heavy atom. The van der Waals surface area contributed by atoms with Gasteiger partial charge in [0.05, 0.1) is 22.8 Å². The number of hydrogen-bond donors (Lipinski definition) is 1. The lowest BCUT2D eigenvalue weighted by molar-refractivity contribution is 0.102. The monoisotopic (exact) mass is 472 g/mol. The number of carbonyl (C=O) groups is 1. The molecule has 7 heteroatoms. The highest BCUT2D eigenvalue weighted by molar-refractivity contribution is 9.10. The summed E-state index contributed by atoms with van der Waals surface area (Å²) in [4.78, 5) is 17.4. The zero-order valence-corrected chi connectivity index (χ0v) is 17.9. The van der Waals surface area contributed by atoms with Crippen molar-refractivity contribution in [1.29, 1.82) is 0 Å². The van der Waals surface area contributed by atoms with Crippen molar-refractivity contribution in [2.24, 2.45) is 0 Å². The highest BCUT2D eigenvalue weighted by Crippen LogP contribution is 2.37. The zero-order chi connectivity index (χ0) is 19.7. The second kappa shape index (κ2) is 7.91. The molecular formula is C21H14BrClN2O2S. The number of fused-ring (bicyclic) bond motifs is 1. The van der Waals surface area contributed by atoms with Crippen molar-refractivity contribution in [3.05, 3.63) is 75.0 Å². The van der Waals surface area contributed by atoms with Crippen molar-refractivity contribution in [1.82, 2.24) is 4.98 Å². The Balaban J connectivity index is 1.65. The normalized spacial score (nSPS) is 10.8. The molecule has 0 unspecified atom stereocenters. The van der Waals surface area contributed by atoms with E-state index in [1.807, 2.05) is 60.0 Å². The molecule has 0 saturated carbocycles. The quantitative estimate of drug-likeness (QED) is 0.361. The molecule has 0 spiro atoms. The molecule has 0 aliphatic carbocycles. The minimum atomic E-state index is -0.277. The van der Waals surface area contributed by atoms with Gasteiger partial charge in [0.1, 0.15) is 5.75 Å². The summed E-state index contributed by atoms with van der Waals surface area (Å²) in [5, 5.41) is 7.87. The lowest BCUT2D eigenvalue weighted by Crippen LogP contribution is -2.13. The largest absolute Gasteiger partial charge is 0.495 e. The number of benzene rings is 3. The van der Waals surface area contributed by atoms with Crippen molar-refractivity contribution in [3.63, 3.8) is 0 Å². The molecule has 4 rings (SSSR count). The molecule has 0 fully saturated rings. The van der Waals surface area contributed by atoms with E-state index >= 15 is 0 Å². The topological polar surface area (TPSA) is 51.2 Å². The maximum absolute atomic E-state index is 12.9. The van der Waals surface area contributed by atoms with Crippen molar-refractivity contribution >= 4 is 60.7 Å². The first-order valence-electron chi connectivity index (χ1n) is 8.35. The molecule has 3 aromatic carbocycles. The van der Waals surface area contributed by atoms with Crippen LogP contribution in [0.1, 0.15) is 10.4 Å². The van der Waals surface area contributed by atoms with Crippen LogP contribution in [0.25, 0.3) is 22.0 Å². The van der Waals surface area contributed by atoms with Crippen LogP contribution in [0.2, 0.25) is 5.02 Å². The summed E-state index contributed by atoms with van der Waals surface area (Å²) in [6.07, 6.45) is 0. The fourth-order valence-corrected chi connectivity index (χ4v) is 4.48. The number of amides is 1. The maximum atomic E-state index is 12.9. The second-order valence-corrected chi connectivity index (χ2v) is 8.08. The molecule has 0 bridgehead atoms. The van der Waals surface area contributed by atoms with Crippen molar-refractivity contribution < 1.29 is 9.53 Å². The average Bonchev–Trinajstić information content (AvgIpc) is 3.17. The van der Waals surface area contributed by atoms with E-state index in [4.69, 9.17) is 16.3 Å². The predicted octanol–water partition coefficient (Wildman–Crippen LogP) is 6.64. The summed E-state index contributed by atoms with van der Waals surface area (Å²) in [6, 6.07) is 17.0. The number of hydrogen-bond acceptors (Lipinski definition) is 4. The van der Waals surface area contributed by atoms with Gasteiger partial charge in [0.15, 0.2) is 5.13 Å². The van der Waals surface area contributed by atoms with Gasteiger partial charge in [-0.1, -0.05) is 48.0 Å². The van der Waals surface area contributed by atoms with E-state index in [0.29, 0.717) is 21.5 Å². The van der Waals surface area contributed by atoms with Crippen molar-refractivity contribution in [3.8, 4) is 17.0 Å². The summed E-state index contributed by atoms with van der Waals surface area (Å²) in [5.74, 6) is 0.214. The molecule has 1 N–H and O–H groups in total. The van der Waals surface area contributed by atoms with Gasteiger partial charge in [-0.3, -0.25) is 10.1 Å². The number of nitrogens with zero attached hydrogens (tertiary/aromatic N) is 1. The SMILES string of the molecule is COc1c(C(=O)Nc2nc(-c3ccc(Cl)cc3)cs2)cc2ccccc2c1Br. The molecule has 0 radical (unpaired) electrons. The van der Waals surface area contributed by atoms with E-state index in [2.05, 4.69) is 26.2 Å². The van der Waals surface area contributed by atoms with Gasteiger partial charge in [-0.25, -0.2) is 4.98 Å². The minimum absolute atomic E-state index is 0.277. The molecule has 28 heavy (non-hydrogen) atoms. The average molecular weight is 474 g/mol. The number of carbonyl (C=O) groups excluding carboxylic acids is 1. The summed E-state index contributed by atoms with van der Waals surface area (Å²) in [7, 11) is 1.55. The number of halogens is 2. The third-order valence-corrected chi connectivity index (χ3v) is 6.05. The minimum Gasteiger partial charge on any atom is -0.495 e. The Kier molecular flexibility index (Phi) is 5.35. The number of anilines is 1. The van der Waals surface area contributed by atoms with Crippen LogP contribution in [0.5, 0.6) is 5.75 Å². The third kappa shape index (κ3) is 3.63. The Morgan fingerprint density at radius 2 is 1.93 bits per heavy atom. The van der Waals surface area contributed by atoms with Crippen LogP contribution in [0.4, 0.5) is 5.13 Å². The molecule has 4 aromatic rings. The first kappa shape index (κ1) is 18.9. The van der Waals surface area contributed by atoms with Crippen LogP contribution >= 0.6 is 38.9 Å². The van der Waals surface area contributed by atoms with Crippen LogP contribution < -0.4 is 10.1 Å². The van der Waals surface area contributed by atoms with Crippen molar-refractivity contribution in [2.75, 3.05) is 12.4 Å². The van der Waals surface area contributed by atoms with Crippen LogP contribution in [0, 0.1) is 0 Å². The molecule has 1 heterocycles. The summed E-state index contributed by atoms with van der Waals surface area (Å²) < 4.78 is 6.24. The molecular weight excluding hydrogens is 460 g/mol. The Bertz CT molecular complexity index is 1170. The number of ether oxygens (including phenoxy) is 1. The van der Waals surface area contributed by atoms with Gasteiger partial charge in [0, 0.05) is 16.0 Å². The molecule has 4 nitrogen and oxygen atoms in total. The van der Waals surface area contributed by atoms with Crippen LogP contribution in [0.3, 0.4) is 0 Å². The van der Waals surface area contributed by atoms with Crippen LogP contribution in [-0.4, -0.2) is 18.0 Å². The van der Waals surface area contributed by atoms with E-state index in [0.717, 1.165) is 26.5 Å². The second-order valence-electron chi connectivity index (χ2n) is 5.99. The fraction of sp³-hybridized carbons (Fsp3) is 0.0476. The van der Waals surface area contributed by atoms with E-state index in [1.54, 1.807) is 7.11 Å². The van der Waals surface area contributed by atoms with Gasteiger partial charge in [-0.2, -0.15) is 0 Å². The smallest absolute Gasteiger partial charge is 0.261 e. The zero-order valence-electron chi connectivity index (χ0n) is 14.7. The van der Waals surface area contributed by atoms with E-state index < -0.39 is 0 Å². The Labute approximate surface area is 179 Å². The Morgan fingerprint density at radius 1 is 1.18 bits per heavy atom. The van der Waals surface area contributed by atoms with Gasteiger partial charge in [0.2, 0.25) is 0 Å². The Hall–Kier alpha value is -2.41. The predicted molar refractivity (Wildman–Crippen MR) is 119 cm³/mol. The third-order valence-electron chi connectivity index (χ3n) is 4.25. The fourth-order valence-electron chi connectivity index (χ4n) is 2.90. The summed E-state index contributed by atoms with van der Waals surface area (Å²) in [6.45, 7) is 0. The molecule has 1 amide bonds. The molecule has 0 atom stereocenters. The first-order valence-corrected chi connectivity index (χ1v) is 10.4. The van der Waals surface area contributed by atoms with Gasteiger partial charge in [-0.05, 0) is 44.9 Å². The molecule has 0 saturated heterocycles. The van der Waals surface area contributed by atoms with E-state index in [-0.39, 0.29) is 5.91 Å². The van der Waals surface area contributed by atoms with Gasteiger partial charge < -0.3 is 4.74 Å². The molecule has 0 aliphatic heterocycles. The molecule has 140 valence electrons. The number of thiazole rings is 1. The lowest BCUT2D eigenvalue weighted by atomic mass is 10.1. The molecule has 0 aliphatic rings. The van der Waals surface area contributed by atoms with Crippen molar-refractivity contribution in [2.45, 2.75) is 0 Å². The maximum Gasteiger partial charge on any atom is 0.261 e. The summed E-state index contributed by atoms with van der Waals surface area (Å²) >= 11 is 10.9. The standard InChI is InChI=1S/C21H14BrClN2O2S/c1-27-19-16(10-13-4-2-3-5-15(13)18(19)22)20(26)25-21-24-17(11-28-21)12-6-8-14(23)9-7-12/h2-11H,1H3,(H,24,25,26). The summed E-state index contributed by atoms with van der Waals surface area (Å²) in [5.41, 5.74) is 2.16. The first-order chi connectivity index (χ1) is 13.6. The highest BCUT2D eigenvalue weighted by Gasteiger charge is 2.19. The van der Waals surface area contributed by atoms with Crippen LogP contribution in [-0.2, 0) is 0 Å². The number of aromatic nitrogens is 1. The van der Waals surface area contributed by atoms with Gasteiger partial charge >= 0.3 is 0 Å². The number of nitrogens with one attached hydrogen (secondary N) is 1. The van der Waals surface area contributed by atoms with Crippen LogP contribution in [0.15, 0.2) is 64.5 Å². The highest BCUT2D eigenvalue weighted by atomic mass is 79.9. The lowest BCUT2D eigenvalue weighted by Gasteiger charge is -2.12. The van der Waals surface area contributed by atoms with E-state index in [9.17, 15) is 4.79 Å².